The zero-order valence-electron chi connectivity index (χ0n) is 9.49. The van der Waals surface area contributed by atoms with Crippen molar-refractivity contribution in [1.29, 1.82) is 0 Å². The fourth-order valence-corrected chi connectivity index (χ4v) is 2.76. The van der Waals surface area contributed by atoms with E-state index in [-0.39, 0.29) is 0 Å². The lowest BCUT2D eigenvalue weighted by atomic mass is 10.3. The fraction of sp³-hybridized carbons (Fsp3) is 0.727. The van der Waals surface area contributed by atoms with E-state index >= 15 is 0 Å². The maximum Gasteiger partial charge on any atom is 0.0926 e. The van der Waals surface area contributed by atoms with Crippen LogP contribution in [0.5, 0.6) is 0 Å². The molecular weight excluding hydrogens is 206 g/mol. The highest BCUT2D eigenvalue weighted by atomic mass is 32.1. The van der Waals surface area contributed by atoms with Crippen molar-refractivity contribution < 1.29 is 0 Å². The van der Waals surface area contributed by atoms with Crippen LogP contribution in [0, 0.1) is 0 Å². The molecule has 2 rings (SSSR count). The van der Waals surface area contributed by atoms with Crippen LogP contribution in [0.15, 0.2) is 5.38 Å². The number of rotatable bonds is 4. The molecule has 1 N–H and O–H groups in total. The molecule has 0 saturated carbocycles. The van der Waals surface area contributed by atoms with Crippen molar-refractivity contribution in [3.8, 4) is 0 Å². The number of nitrogens with one attached hydrogen (secondary N) is 1. The van der Waals surface area contributed by atoms with Gasteiger partial charge in [0.15, 0.2) is 0 Å². The zero-order chi connectivity index (χ0) is 10.7. The van der Waals surface area contributed by atoms with Gasteiger partial charge in [0.2, 0.25) is 0 Å². The van der Waals surface area contributed by atoms with E-state index in [1.54, 1.807) is 11.3 Å². The molecule has 0 aromatic carbocycles. The Kier molecular flexibility index (Phi) is 3.72. The van der Waals surface area contributed by atoms with Gasteiger partial charge in [-0.2, -0.15) is 0 Å². The summed E-state index contributed by atoms with van der Waals surface area (Å²) in [6.45, 7) is 5.55. The Morgan fingerprint density at radius 3 is 3.13 bits per heavy atom. The number of likely N-dealkylation sites (tertiary alicyclic amines) is 1. The highest BCUT2D eigenvalue weighted by Crippen LogP contribution is 2.15. The number of likely N-dealkylation sites (N-methyl/N-ethyl adjacent to an activating group) is 1. The summed E-state index contributed by atoms with van der Waals surface area (Å²) in [6.07, 6.45) is 2.32. The van der Waals surface area contributed by atoms with Crippen LogP contribution in [-0.2, 0) is 13.0 Å². The van der Waals surface area contributed by atoms with Gasteiger partial charge < -0.3 is 5.32 Å². The van der Waals surface area contributed by atoms with Gasteiger partial charge in [-0.25, -0.2) is 4.98 Å². The fourth-order valence-electron chi connectivity index (χ4n) is 2.02. The van der Waals surface area contributed by atoms with E-state index in [9.17, 15) is 0 Å². The van der Waals surface area contributed by atoms with Gasteiger partial charge in [0, 0.05) is 31.1 Å². The lowest BCUT2D eigenvalue weighted by Gasteiger charge is -2.13. The van der Waals surface area contributed by atoms with Gasteiger partial charge in [-0.3, -0.25) is 4.90 Å². The lowest BCUT2D eigenvalue weighted by molar-refractivity contribution is 0.319. The first-order chi connectivity index (χ1) is 7.31. The number of hydrogen-bond acceptors (Lipinski definition) is 4. The third-order valence-electron chi connectivity index (χ3n) is 2.97. The average molecular weight is 225 g/mol. The first-order valence-corrected chi connectivity index (χ1v) is 6.52. The second-order valence-electron chi connectivity index (χ2n) is 4.10. The molecule has 2 heterocycles. The Morgan fingerprint density at radius 2 is 2.53 bits per heavy atom. The predicted molar refractivity (Wildman–Crippen MR) is 64.2 cm³/mol. The lowest BCUT2D eigenvalue weighted by Crippen LogP contribution is -2.29. The average Bonchev–Trinajstić information content (AvgIpc) is 2.87. The number of nitrogens with zero attached hydrogens (tertiary/aromatic N) is 2. The van der Waals surface area contributed by atoms with E-state index in [1.807, 2.05) is 7.05 Å². The molecule has 0 spiro atoms. The van der Waals surface area contributed by atoms with E-state index in [0.717, 1.165) is 19.5 Å². The van der Waals surface area contributed by atoms with Crippen LogP contribution >= 0.6 is 11.3 Å². The molecule has 4 heteroatoms. The first kappa shape index (κ1) is 11.0. The molecule has 3 nitrogen and oxygen atoms in total. The molecule has 0 radical (unpaired) electrons. The third kappa shape index (κ3) is 2.77. The van der Waals surface area contributed by atoms with Crippen molar-refractivity contribution in [2.45, 2.75) is 32.4 Å². The van der Waals surface area contributed by atoms with Crippen LogP contribution in [0.25, 0.3) is 0 Å². The van der Waals surface area contributed by atoms with Crippen LogP contribution < -0.4 is 5.32 Å². The molecule has 15 heavy (non-hydrogen) atoms. The Morgan fingerprint density at radius 1 is 1.67 bits per heavy atom. The van der Waals surface area contributed by atoms with E-state index in [2.05, 4.69) is 27.5 Å². The Hall–Kier alpha value is -0.450. The SMILES string of the molecule is CCc1nc(CN2CCC(NC)C2)cs1. The molecule has 1 aliphatic heterocycles. The van der Waals surface area contributed by atoms with Crippen LogP contribution in [0.2, 0.25) is 0 Å². The molecule has 1 aromatic rings. The van der Waals surface area contributed by atoms with Crippen LogP contribution in [0.3, 0.4) is 0 Å². The minimum Gasteiger partial charge on any atom is -0.316 e. The van der Waals surface area contributed by atoms with E-state index in [1.165, 1.54) is 23.7 Å². The Balaban J connectivity index is 1.87. The summed E-state index contributed by atoms with van der Waals surface area (Å²) in [5.74, 6) is 0. The molecule has 1 aliphatic rings. The first-order valence-electron chi connectivity index (χ1n) is 5.64. The number of aryl methyl sites for hydroxylation is 1. The van der Waals surface area contributed by atoms with Crippen molar-refractivity contribution in [2.24, 2.45) is 0 Å². The monoisotopic (exact) mass is 225 g/mol. The van der Waals surface area contributed by atoms with Gasteiger partial charge in [0.25, 0.3) is 0 Å². The number of hydrogen-bond donors (Lipinski definition) is 1. The normalized spacial score (nSPS) is 22.4. The standard InChI is InChI=1S/C11H19N3S/c1-3-11-13-10(8-15-11)7-14-5-4-9(6-14)12-2/h8-9,12H,3-7H2,1-2H3. The molecule has 0 aliphatic carbocycles. The quantitative estimate of drug-likeness (QED) is 0.841. The molecule has 1 atom stereocenters. The van der Waals surface area contributed by atoms with Crippen molar-refractivity contribution >= 4 is 11.3 Å². The largest absolute Gasteiger partial charge is 0.316 e. The van der Waals surface area contributed by atoms with Crippen LogP contribution in [0.1, 0.15) is 24.0 Å². The smallest absolute Gasteiger partial charge is 0.0926 e. The molecule has 0 bridgehead atoms. The molecular formula is C11H19N3S. The topological polar surface area (TPSA) is 28.2 Å². The van der Waals surface area contributed by atoms with Crippen molar-refractivity contribution in [3.05, 3.63) is 16.1 Å². The van der Waals surface area contributed by atoms with E-state index in [0.29, 0.717) is 6.04 Å². The molecule has 0 amide bonds. The van der Waals surface area contributed by atoms with Gasteiger partial charge >= 0.3 is 0 Å². The van der Waals surface area contributed by atoms with Crippen molar-refractivity contribution in [3.63, 3.8) is 0 Å². The van der Waals surface area contributed by atoms with Gasteiger partial charge in [0.05, 0.1) is 10.7 Å². The molecule has 1 fully saturated rings. The minimum absolute atomic E-state index is 0.675. The maximum atomic E-state index is 4.60. The second kappa shape index (κ2) is 5.05. The zero-order valence-corrected chi connectivity index (χ0v) is 10.3. The summed E-state index contributed by atoms with van der Waals surface area (Å²) in [5, 5.41) is 6.80. The predicted octanol–water partition coefficient (Wildman–Crippen LogP) is 1.50. The molecule has 84 valence electrons. The molecule has 1 aromatic heterocycles. The highest BCUT2D eigenvalue weighted by Gasteiger charge is 2.21. The Bertz CT molecular complexity index is 311. The summed E-state index contributed by atoms with van der Waals surface area (Å²) in [6, 6.07) is 0.675. The number of thiazole rings is 1. The van der Waals surface area contributed by atoms with Gasteiger partial charge in [-0.1, -0.05) is 6.92 Å². The van der Waals surface area contributed by atoms with Crippen molar-refractivity contribution in [1.82, 2.24) is 15.2 Å². The van der Waals surface area contributed by atoms with E-state index < -0.39 is 0 Å². The Labute approximate surface area is 95.5 Å². The van der Waals surface area contributed by atoms with Crippen LogP contribution in [-0.4, -0.2) is 36.1 Å². The van der Waals surface area contributed by atoms with Gasteiger partial charge in [0.1, 0.15) is 0 Å². The second-order valence-corrected chi connectivity index (χ2v) is 5.04. The summed E-state index contributed by atoms with van der Waals surface area (Å²) in [5.41, 5.74) is 1.24. The summed E-state index contributed by atoms with van der Waals surface area (Å²) in [4.78, 5) is 7.08. The number of aromatic nitrogens is 1. The van der Waals surface area contributed by atoms with Crippen molar-refractivity contribution in [2.75, 3.05) is 20.1 Å². The maximum absolute atomic E-state index is 4.60. The summed E-state index contributed by atoms with van der Waals surface area (Å²) in [7, 11) is 2.05. The van der Waals surface area contributed by atoms with Gasteiger partial charge in [-0.15, -0.1) is 11.3 Å². The minimum atomic E-state index is 0.675. The highest BCUT2D eigenvalue weighted by molar-refractivity contribution is 7.09. The molecule has 1 unspecified atom stereocenters. The third-order valence-corrected chi connectivity index (χ3v) is 4.01. The summed E-state index contributed by atoms with van der Waals surface area (Å²) < 4.78 is 0. The van der Waals surface area contributed by atoms with Gasteiger partial charge in [-0.05, 0) is 19.9 Å². The summed E-state index contributed by atoms with van der Waals surface area (Å²) >= 11 is 1.79. The van der Waals surface area contributed by atoms with E-state index in [4.69, 9.17) is 0 Å². The molecule has 1 saturated heterocycles. The van der Waals surface area contributed by atoms with Crippen LogP contribution in [0.4, 0.5) is 0 Å².